The van der Waals surface area contributed by atoms with Crippen LogP contribution in [0.3, 0.4) is 0 Å². The Kier molecular flexibility index (Phi) is 5.05. The monoisotopic (exact) mass is 438 g/mol. The molecular formula is C22H29F3N4O2. The molecule has 1 aliphatic heterocycles. The maximum Gasteiger partial charge on any atom is 0.435 e. The molecule has 6 nitrogen and oxygen atoms in total. The molecule has 1 N–H and O–H groups in total. The van der Waals surface area contributed by atoms with Gasteiger partial charge in [-0.05, 0) is 69.1 Å². The first kappa shape index (κ1) is 20.8. The van der Waals surface area contributed by atoms with Gasteiger partial charge in [0.1, 0.15) is 6.54 Å². The highest BCUT2D eigenvalue weighted by molar-refractivity contribution is 5.83. The van der Waals surface area contributed by atoms with E-state index in [1.54, 1.807) is 4.90 Å². The second-order valence-electron chi connectivity index (χ2n) is 9.82. The zero-order valence-electron chi connectivity index (χ0n) is 17.6. The minimum absolute atomic E-state index is 0.0126. The van der Waals surface area contributed by atoms with E-state index < -0.39 is 11.9 Å². The first-order valence-corrected chi connectivity index (χ1v) is 11.5. The SMILES string of the molecule is O=C(NCC1CC1)C1CC12CCN(C(=O)Cn1nc(C(F)(F)F)c3c1CCCC3)CC2. The van der Waals surface area contributed by atoms with Crippen LogP contribution >= 0.6 is 0 Å². The molecule has 1 saturated heterocycles. The fourth-order valence-electron chi connectivity index (χ4n) is 5.42. The Labute approximate surface area is 179 Å². The van der Waals surface area contributed by atoms with Crippen molar-refractivity contribution >= 4 is 11.8 Å². The van der Waals surface area contributed by atoms with Gasteiger partial charge >= 0.3 is 6.18 Å². The molecule has 2 amide bonds. The fourth-order valence-corrected chi connectivity index (χ4v) is 5.42. The highest BCUT2D eigenvalue weighted by Gasteiger charge is 2.58. The Morgan fingerprint density at radius 2 is 1.84 bits per heavy atom. The molecule has 1 aromatic heterocycles. The average molecular weight is 438 g/mol. The number of rotatable bonds is 5. The predicted molar refractivity (Wildman–Crippen MR) is 106 cm³/mol. The van der Waals surface area contributed by atoms with Crippen LogP contribution in [0.2, 0.25) is 0 Å². The lowest BCUT2D eigenvalue weighted by molar-refractivity contribution is -0.143. The van der Waals surface area contributed by atoms with Crippen LogP contribution in [0.25, 0.3) is 0 Å². The molecule has 9 heteroatoms. The van der Waals surface area contributed by atoms with Crippen molar-refractivity contribution in [3.63, 3.8) is 0 Å². The van der Waals surface area contributed by atoms with E-state index >= 15 is 0 Å². The van der Waals surface area contributed by atoms with Crippen LogP contribution in [-0.2, 0) is 35.2 Å². The number of hydrogen-bond acceptors (Lipinski definition) is 3. The Hall–Kier alpha value is -2.06. The normalized spacial score (nSPS) is 24.7. The molecule has 1 aromatic rings. The average Bonchev–Trinajstić information content (AvgIpc) is 3.65. The topological polar surface area (TPSA) is 67.2 Å². The molecule has 3 fully saturated rings. The number of carbonyl (C=O) groups is 2. The van der Waals surface area contributed by atoms with E-state index in [0.717, 1.165) is 38.6 Å². The fraction of sp³-hybridized carbons (Fsp3) is 0.773. The molecule has 170 valence electrons. The maximum absolute atomic E-state index is 13.4. The van der Waals surface area contributed by atoms with Crippen LogP contribution in [0.1, 0.15) is 61.9 Å². The van der Waals surface area contributed by atoms with E-state index in [2.05, 4.69) is 10.4 Å². The van der Waals surface area contributed by atoms with Gasteiger partial charge in [-0.1, -0.05) is 0 Å². The minimum atomic E-state index is -4.49. The number of amides is 2. The molecule has 5 rings (SSSR count). The van der Waals surface area contributed by atoms with Crippen molar-refractivity contribution in [2.45, 2.75) is 70.5 Å². The molecule has 2 saturated carbocycles. The van der Waals surface area contributed by atoms with Crippen molar-refractivity contribution in [2.75, 3.05) is 19.6 Å². The molecule has 1 atom stereocenters. The van der Waals surface area contributed by atoms with Crippen LogP contribution in [0.4, 0.5) is 13.2 Å². The summed E-state index contributed by atoms with van der Waals surface area (Å²) in [6.07, 6.45) is 2.81. The number of carbonyl (C=O) groups excluding carboxylic acids is 2. The number of aromatic nitrogens is 2. The number of nitrogens with zero attached hydrogens (tertiary/aromatic N) is 3. The number of alkyl halides is 3. The van der Waals surface area contributed by atoms with Crippen molar-refractivity contribution in [1.29, 1.82) is 0 Å². The number of piperidine rings is 1. The number of likely N-dealkylation sites (tertiary alicyclic amines) is 1. The van der Waals surface area contributed by atoms with E-state index in [4.69, 9.17) is 0 Å². The third-order valence-electron chi connectivity index (χ3n) is 7.69. The summed E-state index contributed by atoms with van der Waals surface area (Å²) < 4.78 is 41.4. The molecule has 2 heterocycles. The zero-order valence-corrected chi connectivity index (χ0v) is 17.6. The first-order valence-electron chi connectivity index (χ1n) is 11.5. The standard InChI is InChI=1S/C22H29F3N4O2/c23-22(24,25)19-15-3-1-2-4-17(15)29(27-19)13-18(30)28-9-7-21(8-10-28)11-16(21)20(31)26-12-14-5-6-14/h14,16H,1-13H2,(H,26,31). The third kappa shape index (κ3) is 4.07. The van der Waals surface area contributed by atoms with E-state index in [9.17, 15) is 22.8 Å². The number of fused-ring (bicyclic) bond motifs is 1. The molecule has 0 radical (unpaired) electrons. The summed E-state index contributed by atoms with van der Waals surface area (Å²) in [7, 11) is 0. The zero-order chi connectivity index (χ0) is 21.8. The smallest absolute Gasteiger partial charge is 0.356 e. The van der Waals surface area contributed by atoms with Gasteiger partial charge in [-0.25, -0.2) is 0 Å². The Morgan fingerprint density at radius 3 is 2.52 bits per heavy atom. The summed E-state index contributed by atoms with van der Waals surface area (Å²) >= 11 is 0. The molecule has 31 heavy (non-hydrogen) atoms. The summed E-state index contributed by atoms with van der Waals surface area (Å²) in [4.78, 5) is 27.0. The number of hydrogen-bond donors (Lipinski definition) is 1. The van der Waals surface area contributed by atoms with Gasteiger partial charge in [0.2, 0.25) is 11.8 Å². The summed E-state index contributed by atoms with van der Waals surface area (Å²) in [6, 6.07) is 0. The highest BCUT2D eigenvalue weighted by Crippen LogP contribution is 2.59. The summed E-state index contributed by atoms with van der Waals surface area (Å²) in [5.41, 5.74) is 0.0152. The van der Waals surface area contributed by atoms with Crippen LogP contribution in [-0.4, -0.2) is 46.1 Å². The molecule has 3 aliphatic carbocycles. The van der Waals surface area contributed by atoms with Crippen molar-refractivity contribution in [3.05, 3.63) is 17.0 Å². The van der Waals surface area contributed by atoms with Crippen LogP contribution < -0.4 is 5.32 Å². The maximum atomic E-state index is 13.4. The third-order valence-corrected chi connectivity index (χ3v) is 7.69. The van der Waals surface area contributed by atoms with E-state index in [1.807, 2.05) is 0 Å². The molecular weight excluding hydrogens is 409 g/mol. The lowest BCUT2D eigenvalue weighted by Gasteiger charge is -2.33. The van der Waals surface area contributed by atoms with E-state index in [-0.39, 0.29) is 35.3 Å². The quantitative estimate of drug-likeness (QED) is 0.769. The summed E-state index contributed by atoms with van der Waals surface area (Å²) in [5.74, 6) is 0.671. The Morgan fingerprint density at radius 1 is 1.13 bits per heavy atom. The van der Waals surface area contributed by atoms with Gasteiger partial charge in [0.25, 0.3) is 0 Å². The van der Waals surface area contributed by atoms with E-state index in [1.165, 1.54) is 17.5 Å². The van der Waals surface area contributed by atoms with Gasteiger partial charge in [0.15, 0.2) is 5.69 Å². The number of nitrogens with one attached hydrogen (secondary N) is 1. The molecule has 0 bridgehead atoms. The van der Waals surface area contributed by atoms with Gasteiger partial charge in [-0.3, -0.25) is 14.3 Å². The van der Waals surface area contributed by atoms with E-state index in [0.29, 0.717) is 37.5 Å². The predicted octanol–water partition coefficient (Wildman–Crippen LogP) is 2.94. The van der Waals surface area contributed by atoms with Crippen molar-refractivity contribution in [1.82, 2.24) is 20.0 Å². The lowest BCUT2D eigenvalue weighted by atomic mass is 9.90. The van der Waals surface area contributed by atoms with Gasteiger partial charge in [-0.2, -0.15) is 18.3 Å². The summed E-state index contributed by atoms with van der Waals surface area (Å²) in [6.45, 7) is 1.75. The van der Waals surface area contributed by atoms with Gasteiger partial charge in [-0.15, -0.1) is 0 Å². The van der Waals surface area contributed by atoms with Gasteiger partial charge in [0.05, 0.1) is 0 Å². The Balaban J connectivity index is 1.18. The number of halogens is 3. The van der Waals surface area contributed by atoms with Crippen LogP contribution in [0.15, 0.2) is 0 Å². The molecule has 1 unspecified atom stereocenters. The largest absolute Gasteiger partial charge is 0.435 e. The van der Waals surface area contributed by atoms with Crippen molar-refractivity contribution < 1.29 is 22.8 Å². The minimum Gasteiger partial charge on any atom is -0.356 e. The molecule has 0 aromatic carbocycles. The first-order chi connectivity index (χ1) is 14.8. The second-order valence-corrected chi connectivity index (χ2v) is 9.82. The summed E-state index contributed by atoms with van der Waals surface area (Å²) in [5, 5.41) is 6.87. The van der Waals surface area contributed by atoms with Crippen LogP contribution in [0, 0.1) is 17.3 Å². The van der Waals surface area contributed by atoms with Gasteiger partial charge in [0, 0.05) is 36.8 Å². The van der Waals surface area contributed by atoms with Gasteiger partial charge < -0.3 is 10.2 Å². The highest BCUT2D eigenvalue weighted by atomic mass is 19.4. The molecule has 1 spiro atoms. The van der Waals surface area contributed by atoms with Crippen molar-refractivity contribution in [2.24, 2.45) is 17.3 Å². The van der Waals surface area contributed by atoms with Crippen LogP contribution in [0.5, 0.6) is 0 Å². The molecule has 4 aliphatic rings. The van der Waals surface area contributed by atoms with Crippen molar-refractivity contribution in [3.8, 4) is 0 Å². The lowest BCUT2D eigenvalue weighted by Crippen LogP contribution is -2.42. The second kappa shape index (κ2) is 7.52. The Bertz CT molecular complexity index is 882.